The molecule has 190 valence electrons. The van der Waals surface area contributed by atoms with Crippen LogP contribution >= 0.6 is 0 Å². The first kappa shape index (κ1) is 33.4. The lowest BCUT2D eigenvalue weighted by molar-refractivity contribution is -0.870. The Balaban J connectivity index is 0. The van der Waals surface area contributed by atoms with Crippen molar-refractivity contribution in [2.24, 2.45) is 0 Å². The van der Waals surface area contributed by atoms with Crippen LogP contribution in [0.4, 0.5) is 0 Å². The maximum absolute atomic E-state index is 5.76. The van der Waals surface area contributed by atoms with Gasteiger partial charge in [-0.15, -0.1) is 0 Å². The number of halogens is 1. The second-order valence-electron chi connectivity index (χ2n) is 10.7. The zero-order valence-corrected chi connectivity index (χ0v) is 23.0. The first-order valence-corrected chi connectivity index (χ1v) is 13.9. The molecule has 0 aromatic rings. The number of ether oxygens (including phenoxy) is 1. The van der Waals surface area contributed by atoms with Gasteiger partial charge in [0.15, 0.2) is 0 Å². The van der Waals surface area contributed by atoms with Crippen molar-refractivity contribution >= 4 is 0 Å². The van der Waals surface area contributed by atoms with Crippen LogP contribution in [0.15, 0.2) is 0 Å². The maximum atomic E-state index is 5.76. The van der Waals surface area contributed by atoms with Crippen molar-refractivity contribution in [2.75, 3.05) is 40.9 Å². The molecular formula is C28H60ClNO. The summed E-state index contributed by atoms with van der Waals surface area (Å²) in [6.07, 6.45) is 30.0. The molecule has 3 heteroatoms. The number of nitrogens with zero attached hydrogens (tertiary/aromatic N) is 1. The molecule has 0 saturated carbocycles. The monoisotopic (exact) mass is 461 g/mol. The quantitative estimate of drug-likeness (QED) is 0.121. The summed E-state index contributed by atoms with van der Waals surface area (Å²) in [5, 5.41) is 0. The van der Waals surface area contributed by atoms with Gasteiger partial charge in [0.1, 0.15) is 0 Å². The molecule has 0 aromatic heterocycles. The van der Waals surface area contributed by atoms with Gasteiger partial charge < -0.3 is 21.6 Å². The third-order valence-corrected chi connectivity index (χ3v) is 6.26. The van der Waals surface area contributed by atoms with E-state index in [0.717, 1.165) is 17.7 Å². The van der Waals surface area contributed by atoms with Gasteiger partial charge in [-0.05, 0) is 6.42 Å². The minimum atomic E-state index is 0. The Morgan fingerprint density at radius 1 is 0.419 bits per heavy atom. The van der Waals surface area contributed by atoms with Crippen molar-refractivity contribution < 1.29 is 21.6 Å². The van der Waals surface area contributed by atoms with Gasteiger partial charge in [0.05, 0.1) is 34.3 Å². The predicted octanol–water partition coefficient (Wildman–Crippen LogP) is 5.93. The highest BCUT2D eigenvalue weighted by Crippen LogP contribution is 2.14. The molecule has 0 heterocycles. The summed E-state index contributed by atoms with van der Waals surface area (Å²) in [6, 6.07) is 0. The topological polar surface area (TPSA) is 9.23 Å². The fourth-order valence-electron chi connectivity index (χ4n) is 4.20. The van der Waals surface area contributed by atoms with E-state index in [-0.39, 0.29) is 12.4 Å². The smallest absolute Gasteiger partial charge is 0.0802 e. The molecular weight excluding hydrogens is 402 g/mol. The first-order valence-electron chi connectivity index (χ1n) is 13.9. The van der Waals surface area contributed by atoms with Crippen LogP contribution in [0, 0.1) is 0 Å². The minimum absolute atomic E-state index is 0. The molecule has 0 unspecified atom stereocenters. The van der Waals surface area contributed by atoms with Crippen LogP contribution < -0.4 is 12.4 Å². The third-order valence-electron chi connectivity index (χ3n) is 6.26. The van der Waals surface area contributed by atoms with E-state index in [1.807, 2.05) is 0 Å². The minimum Gasteiger partial charge on any atom is -1.00 e. The van der Waals surface area contributed by atoms with Gasteiger partial charge in [-0.3, -0.25) is 0 Å². The molecule has 0 atom stereocenters. The highest BCUT2D eigenvalue weighted by molar-refractivity contribution is 4.51. The standard InChI is InChI=1S/C28H60NO.ClH/c1-5-6-7-8-9-10-11-12-13-14-15-16-17-18-19-20-21-22-23-24-27-30-28-25-26-29(2,3)4;/h5-28H2,1-4H3;1H/q+1;/p-1. The molecule has 0 N–H and O–H groups in total. The van der Waals surface area contributed by atoms with E-state index in [1.165, 1.54) is 141 Å². The van der Waals surface area contributed by atoms with Crippen LogP contribution in [0.5, 0.6) is 0 Å². The van der Waals surface area contributed by atoms with Gasteiger partial charge in [-0.25, -0.2) is 0 Å². The Bertz CT molecular complexity index is 317. The van der Waals surface area contributed by atoms with E-state index in [2.05, 4.69) is 28.1 Å². The summed E-state index contributed by atoms with van der Waals surface area (Å²) < 4.78 is 6.80. The Morgan fingerprint density at radius 2 is 0.710 bits per heavy atom. The molecule has 0 aliphatic rings. The lowest BCUT2D eigenvalue weighted by atomic mass is 10.0. The van der Waals surface area contributed by atoms with Gasteiger partial charge in [0.25, 0.3) is 0 Å². The van der Waals surface area contributed by atoms with Crippen LogP contribution in [0.2, 0.25) is 0 Å². The van der Waals surface area contributed by atoms with Gasteiger partial charge in [-0.2, -0.15) is 0 Å². The molecule has 0 aliphatic heterocycles. The predicted molar refractivity (Wildman–Crippen MR) is 136 cm³/mol. The molecule has 0 saturated heterocycles. The van der Waals surface area contributed by atoms with E-state index < -0.39 is 0 Å². The lowest BCUT2D eigenvalue weighted by Crippen LogP contribution is -3.00. The average molecular weight is 462 g/mol. The van der Waals surface area contributed by atoms with Crippen LogP contribution in [0.1, 0.15) is 142 Å². The second-order valence-corrected chi connectivity index (χ2v) is 10.7. The number of rotatable bonds is 25. The molecule has 0 spiro atoms. The highest BCUT2D eigenvalue weighted by Gasteiger charge is 2.05. The highest BCUT2D eigenvalue weighted by atomic mass is 35.5. The molecule has 0 bridgehead atoms. The van der Waals surface area contributed by atoms with Crippen molar-refractivity contribution in [2.45, 2.75) is 142 Å². The van der Waals surface area contributed by atoms with Crippen molar-refractivity contribution in [1.82, 2.24) is 0 Å². The average Bonchev–Trinajstić information content (AvgIpc) is 2.70. The van der Waals surface area contributed by atoms with E-state index in [1.54, 1.807) is 0 Å². The molecule has 0 amide bonds. The van der Waals surface area contributed by atoms with Crippen molar-refractivity contribution in [3.8, 4) is 0 Å². The van der Waals surface area contributed by atoms with E-state index in [4.69, 9.17) is 4.74 Å². The molecule has 0 radical (unpaired) electrons. The molecule has 0 fully saturated rings. The van der Waals surface area contributed by atoms with Crippen LogP contribution in [-0.2, 0) is 4.74 Å². The molecule has 2 nitrogen and oxygen atoms in total. The fraction of sp³-hybridized carbons (Fsp3) is 1.00. The Hall–Kier alpha value is 0.210. The second kappa shape index (κ2) is 26.5. The summed E-state index contributed by atoms with van der Waals surface area (Å²) in [4.78, 5) is 0. The summed E-state index contributed by atoms with van der Waals surface area (Å²) in [5.74, 6) is 0. The van der Waals surface area contributed by atoms with E-state index in [9.17, 15) is 0 Å². The largest absolute Gasteiger partial charge is 1.00 e. The van der Waals surface area contributed by atoms with Gasteiger partial charge in [0.2, 0.25) is 0 Å². The van der Waals surface area contributed by atoms with Crippen molar-refractivity contribution in [3.63, 3.8) is 0 Å². The molecule has 31 heavy (non-hydrogen) atoms. The Labute approximate surface area is 204 Å². The van der Waals surface area contributed by atoms with E-state index in [0.29, 0.717) is 0 Å². The number of hydrogen-bond donors (Lipinski definition) is 0. The summed E-state index contributed by atoms with van der Waals surface area (Å²) in [6.45, 7) is 5.42. The molecule has 0 aliphatic carbocycles. The molecule has 0 aromatic carbocycles. The van der Waals surface area contributed by atoms with Crippen LogP contribution in [0.3, 0.4) is 0 Å². The zero-order valence-electron chi connectivity index (χ0n) is 22.2. The normalized spacial score (nSPS) is 11.6. The number of unbranched alkanes of at least 4 members (excludes halogenated alkanes) is 19. The lowest BCUT2D eigenvalue weighted by Gasteiger charge is -2.23. The maximum Gasteiger partial charge on any atom is 0.0802 e. The van der Waals surface area contributed by atoms with Gasteiger partial charge >= 0.3 is 0 Å². The van der Waals surface area contributed by atoms with E-state index >= 15 is 0 Å². The zero-order chi connectivity index (χ0) is 22.2. The van der Waals surface area contributed by atoms with Gasteiger partial charge in [-0.1, -0.05) is 129 Å². The summed E-state index contributed by atoms with van der Waals surface area (Å²) >= 11 is 0. The summed E-state index contributed by atoms with van der Waals surface area (Å²) in [5.41, 5.74) is 0. The number of hydrogen-bond acceptors (Lipinski definition) is 1. The van der Waals surface area contributed by atoms with Crippen molar-refractivity contribution in [3.05, 3.63) is 0 Å². The fourth-order valence-corrected chi connectivity index (χ4v) is 4.20. The number of quaternary nitrogens is 1. The van der Waals surface area contributed by atoms with Crippen LogP contribution in [-0.4, -0.2) is 45.4 Å². The van der Waals surface area contributed by atoms with Crippen molar-refractivity contribution in [1.29, 1.82) is 0 Å². The summed E-state index contributed by atoms with van der Waals surface area (Å²) in [7, 11) is 6.75. The third kappa shape index (κ3) is 32.5. The SMILES string of the molecule is CCCCCCCCCCCCCCCCCCCCCCOCCC[N+](C)(C)C.[Cl-]. The first-order chi connectivity index (χ1) is 14.6. The Kier molecular flexibility index (Phi) is 28.5. The van der Waals surface area contributed by atoms with Gasteiger partial charge in [0, 0.05) is 13.0 Å². The van der Waals surface area contributed by atoms with Crippen LogP contribution in [0.25, 0.3) is 0 Å². The Morgan fingerprint density at radius 3 is 1.03 bits per heavy atom. The molecule has 0 rings (SSSR count).